The van der Waals surface area contributed by atoms with Crippen molar-refractivity contribution in [3.8, 4) is 5.75 Å². The Kier molecular flexibility index (Phi) is 3.79. The van der Waals surface area contributed by atoms with Gasteiger partial charge in [0.15, 0.2) is 12.4 Å². The van der Waals surface area contributed by atoms with E-state index in [1.807, 2.05) is 18.2 Å². The molecule has 1 aliphatic rings. The Morgan fingerprint density at radius 2 is 2.19 bits per heavy atom. The molecular weight excluding hydrogens is 288 g/mol. The number of hydrogen-bond acceptors (Lipinski definition) is 4. The number of carbonyl (C=O) groups excluding carboxylic acids is 1. The Morgan fingerprint density at radius 1 is 1.43 bits per heavy atom. The van der Waals surface area contributed by atoms with Crippen LogP contribution in [0.4, 0.5) is 0 Å². The standard InChI is InChI=1S/C15H16N2O3S/c16-15(21)14-13(10-3-1-2-4-11(10)20-14)19-8-12(18)17-7-9-5-6-9/h1-4,9H,5-8H2,(H2,16,21)(H,17,18). The minimum Gasteiger partial charge on any atom is -0.479 e. The molecule has 1 aromatic heterocycles. The average Bonchev–Trinajstić information content (AvgIpc) is 3.22. The highest BCUT2D eigenvalue weighted by Gasteiger charge is 2.22. The van der Waals surface area contributed by atoms with E-state index in [1.54, 1.807) is 6.07 Å². The fourth-order valence-electron chi connectivity index (χ4n) is 2.10. The maximum Gasteiger partial charge on any atom is 0.257 e. The molecule has 0 unspecified atom stereocenters. The summed E-state index contributed by atoms with van der Waals surface area (Å²) in [6.45, 7) is 0.641. The number of para-hydroxylation sites is 1. The van der Waals surface area contributed by atoms with Crippen LogP contribution in [0.2, 0.25) is 0 Å². The third-order valence-corrected chi connectivity index (χ3v) is 3.59. The highest BCUT2D eigenvalue weighted by atomic mass is 32.1. The van der Waals surface area contributed by atoms with Crippen LogP contribution in [0, 0.1) is 5.92 Å². The fourth-order valence-corrected chi connectivity index (χ4v) is 2.23. The minimum atomic E-state index is -0.152. The first-order chi connectivity index (χ1) is 10.1. The molecule has 1 fully saturated rings. The lowest BCUT2D eigenvalue weighted by Crippen LogP contribution is -2.30. The SMILES string of the molecule is NC(=S)c1oc2ccccc2c1OCC(=O)NCC1CC1. The molecule has 1 aromatic carbocycles. The number of fused-ring (bicyclic) bond motifs is 1. The van der Waals surface area contributed by atoms with Crippen molar-refractivity contribution in [1.29, 1.82) is 0 Å². The second-order valence-electron chi connectivity index (χ2n) is 5.16. The highest BCUT2D eigenvalue weighted by molar-refractivity contribution is 7.80. The Morgan fingerprint density at radius 3 is 2.90 bits per heavy atom. The lowest BCUT2D eigenvalue weighted by molar-refractivity contribution is -0.123. The molecule has 1 amide bonds. The van der Waals surface area contributed by atoms with Crippen LogP contribution < -0.4 is 15.8 Å². The van der Waals surface area contributed by atoms with Gasteiger partial charge in [-0.1, -0.05) is 24.4 Å². The first-order valence-electron chi connectivity index (χ1n) is 6.86. The van der Waals surface area contributed by atoms with Gasteiger partial charge in [0.25, 0.3) is 5.91 Å². The molecule has 1 aliphatic carbocycles. The predicted molar refractivity (Wildman–Crippen MR) is 83.3 cm³/mol. The van der Waals surface area contributed by atoms with E-state index in [0.717, 1.165) is 11.9 Å². The van der Waals surface area contributed by atoms with E-state index >= 15 is 0 Å². The first kappa shape index (κ1) is 13.9. The molecule has 0 spiro atoms. The van der Waals surface area contributed by atoms with Crippen LogP contribution in [0.15, 0.2) is 28.7 Å². The van der Waals surface area contributed by atoms with E-state index in [4.69, 9.17) is 27.1 Å². The number of amides is 1. The summed E-state index contributed by atoms with van der Waals surface area (Å²) in [7, 11) is 0. The normalized spacial score (nSPS) is 14.1. The molecule has 0 saturated heterocycles. The van der Waals surface area contributed by atoms with E-state index in [-0.39, 0.29) is 17.5 Å². The van der Waals surface area contributed by atoms with E-state index in [9.17, 15) is 4.79 Å². The largest absolute Gasteiger partial charge is 0.479 e. The number of benzene rings is 1. The van der Waals surface area contributed by atoms with Gasteiger partial charge < -0.3 is 20.2 Å². The van der Waals surface area contributed by atoms with Crippen molar-refractivity contribution in [3.05, 3.63) is 30.0 Å². The molecule has 3 N–H and O–H groups in total. The van der Waals surface area contributed by atoms with Gasteiger partial charge in [0.2, 0.25) is 5.76 Å². The van der Waals surface area contributed by atoms with Crippen molar-refractivity contribution < 1.29 is 13.9 Å². The lowest BCUT2D eigenvalue weighted by atomic mass is 10.2. The van der Waals surface area contributed by atoms with Gasteiger partial charge in [0.05, 0.1) is 5.39 Å². The van der Waals surface area contributed by atoms with Crippen LogP contribution in [-0.4, -0.2) is 24.0 Å². The minimum absolute atomic E-state index is 0.0775. The van der Waals surface area contributed by atoms with Gasteiger partial charge in [-0.15, -0.1) is 0 Å². The number of hydrogen-bond donors (Lipinski definition) is 2. The monoisotopic (exact) mass is 304 g/mol. The number of thiocarbonyl (C=S) groups is 1. The quantitative estimate of drug-likeness (QED) is 0.798. The number of furan rings is 1. The van der Waals surface area contributed by atoms with Crippen molar-refractivity contribution >= 4 is 34.1 Å². The zero-order valence-electron chi connectivity index (χ0n) is 11.4. The molecule has 3 rings (SSSR count). The lowest BCUT2D eigenvalue weighted by Gasteiger charge is -2.07. The summed E-state index contributed by atoms with van der Waals surface area (Å²) < 4.78 is 11.2. The van der Waals surface area contributed by atoms with Gasteiger partial charge in [-0.05, 0) is 30.9 Å². The molecule has 110 valence electrons. The Hall–Kier alpha value is -2.08. The maximum atomic E-state index is 11.8. The van der Waals surface area contributed by atoms with E-state index in [1.165, 1.54) is 12.8 Å². The molecule has 0 radical (unpaired) electrons. The van der Waals surface area contributed by atoms with E-state index in [0.29, 0.717) is 23.0 Å². The molecule has 0 bridgehead atoms. The third kappa shape index (κ3) is 3.16. The molecule has 6 heteroatoms. The van der Waals surface area contributed by atoms with Crippen LogP contribution in [0.25, 0.3) is 11.0 Å². The number of ether oxygens (including phenoxy) is 1. The number of nitrogens with two attached hydrogens (primary N) is 1. The Balaban J connectivity index is 1.73. The van der Waals surface area contributed by atoms with Gasteiger partial charge in [-0.3, -0.25) is 4.79 Å². The summed E-state index contributed by atoms with van der Waals surface area (Å²) in [5.41, 5.74) is 6.28. The summed E-state index contributed by atoms with van der Waals surface area (Å²) in [6, 6.07) is 7.36. The van der Waals surface area contributed by atoms with Crippen molar-refractivity contribution in [1.82, 2.24) is 5.32 Å². The zero-order chi connectivity index (χ0) is 14.8. The van der Waals surface area contributed by atoms with Crippen molar-refractivity contribution in [2.75, 3.05) is 13.2 Å². The summed E-state index contributed by atoms with van der Waals surface area (Å²) in [6.07, 6.45) is 2.39. The summed E-state index contributed by atoms with van der Waals surface area (Å²) in [5, 5.41) is 3.60. The van der Waals surface area contributed by atoms with E-state index < -0.39 is 0 Å². The molecule has 2 aromatic rings. The summed E-state index contributed by atoms with van der Waals surface area (Å²) in [5.74, 6) is 1.22. The summed E-state index contributed by atoms with van der Waals surface area (Å²) in [4.78, 5) is 11.9. The Bertz CT molecular complexity index is 691. The highest BCUT2D eigenvalue weighted by Crippen LogP contribution is 2.33. The number of nitrogens with one attached hydrogen (secondary N) is 1. The Labute approximate surface area is 127 Å². The molecule has 21 heavy (non-hydrogen) atoms. The van der Waals surface area contributed by atoms with Crippen LogP contribution in [-0.2, 0) is 4.79 Å². The second kappa shape index (κ2) is 5.73. The molecule has 5 nitrogen and oxygen atoms in total. The zero-order valence-corrected chi connectivity index (χ0v) is 12.2. The third-order valence-electron chi connectivity index (χ3n) is 3.41. The summed E-state index contributed by atoms with van der Waals surface area (Å²) >= 11 is 4.97. The molecule has 0 aliphatic heterocycles. The van der Waals surface area contributed by atoms with Crippen molar-refractivity contribution in [2.24, 2.45) is 11.7 Å². The molecule has 1 heterocycles. The predicted octanol–water partition coefficient (Wildman–Crippen LogP) is 1.97. The van der Waals surface area contributed by atoms with Crippen LogP contribution in [0.3, 0.4) is 0 Å². The fraction of sp³-hybridized carbons (Fsp3) is 0.333. The van der Waals surface area contributed by atoms with Crippen LogP contribution in [0.1, 0.15) is 18.6 Å². The van der Waals surface area contributed by atoms with E-state index in [2.05, 4.69) is 5.32 Å². The van der Waals surface area contributed by atoms with Gasteiger partial charge >= 0.3 is 0 Å². The number of carbonyl (C=O) groups is 1. The van der Waals surface area contributed by atoms with Crippen LogP contribution in [0.5, 0.6) is 5.75 Å². The van der Waals surface area contributed by atoms with Gasteiger partial charge in [-0.25, -0.2) is 0 Å². The van der Waals surface area contributed by atoms with Gasteiger partial charge in [0, 0.05) is 6.54 Å². The second-order valence-corrected chi connectivity index (χ2v) is 5.60. The maximum absolute atomic E-state index is 11.8. The average molecular weight is 304 g/mol. The van der Waals surface area contributed by atoms with Crippen molar-refractivity contribution in [3.63, 3.8) is 0 Å². The molecular formula is C15H16N2O3S. The first-order valence-corrected chi connectivity index (χ1v) is 7.27. The number of rotatable bonds is 6. The smallest absolute Gasteiger partial charge is 0.257 e. The molecule has 0 atom stereocenters. The van der Waals surface area contributed by atoms with Crippen LogP contribution >= 0.6 is 12.2 Å². The van der Waals surface area contributed by atoms with Gasteiger partial charge in [-0.2, -0.15) is 0 Å². The van der Waals surface area contributed by atoms with Gasteiger partial charge in [0.1, 0.15) is 10.6 Å². The molecule has 1 saturated carbocycles. The topological polar surface area (TPSA) is 77.5 Å². The van der Waals surface area contributed by atoms with Crippen molar-refractivity contribution in [2.45, 2.75) is 12.8 Å².